The predicted molar refractivity (Wildman–Crippen MR) is 213 cm³/mol. The van der Waals surface area contributed by atoms with E-state index in [1.54, 1.807) is 24.3 Å². The first-order chi connectivity index (χ1) is 23.9. The van der Waals surface area contributed by atoms with Gasteiger partial charge in [-0.3, -0.25) is 14.3 Å². The molecule has 0 radical (unpaired) electrons. The number of benzene rings is 1. The van der Waals surface area contributed by atoms with Gasteiger partial charge in [0.2, 0.25) is 11.9 Å². The van der Waals surface area contributed by atoms with Crippen LogP contribution in [0.1, 0.15) is 94.9 Å². The van der Waals surface area contributed by atoms with Crippen molar-refractivity contribution in [3.8, 4) is 0 Å². The van der Waals surface area contributed by atoms with Crippen LogP contribution in [0.4, 0.5) is 0 Å². The van der Waals surface area contributed by atoms with Gasteiger partial charge in [-0.25, -0.2) is 18.5 Å². The smallest absolute Gasteiger partial charge is 0.347 e. The molecule has 0 bridgehead atoms. The van der Waals surface area contributed by atoms with Crippen molar-refractivity contribution < 1.29 is 32.1 Å². The van der Waals surface area contributed by atoms with Gasteiger partial charge in [-0.1, -0.05) is 92.6 Å². The first-order valence-electron chi connectivity index (χ1n) is 18.4. The van der Waals surface area contributed by atoms with Gasteiger partial charge in [-0.05, 0) is 62.6 Å². The number of nitrogens with zero attached hydrogens (tertiary/aromatic N) is 1. The molecule has 0 saturated carbocycles. The Labute approximate surface area is 319 Å². The number of nitrogens with one attached hydrogen (secondary N) is 2. The summed E-state index contributed by atoms with van der Waals surface area (Å²) in [6, 6.07) is 9.08. The average Bonchev–Trinajstić information content (AvgIpc) is 3.52. The van der Waals surface area contributed by atoms with E-state index in [4.69, 9.17) is 23.1 Å². The van der Waals surface area contributed by atoms with Crippen molar-refractivity contribution in [1.82, 2.24) is 14.3 Å². The van der Waals surface area contributed by atoms with Crippen molar-refractivity contribution in [2.24, 2.45) is 5.41 Å². The summed E-state index contributed by atoms with van der Waals surface area (Å²) in [5.41, 5.74) is -3.29. The van der Waals surface area contributed by atoms with Gasteiger partial charge in [0.15, 0.2) is 22.9 Å². The second-order valence-corrected chi connectivity index (χ2v) is 31.0. The van der Waals surface area contributed by atoms with Crippen molar-refractivity contribution in [3.63, 3.8) is 0 Å². The first kappa shape index (κ1) is 43.5. The second-order valence-electron chi connectivity index (χ2n) is 19.5. The van der Waals surface area contributed by atoms with E-state index in [1.165, 1.54) is 16.8 Å². The number of ether oxygens (including phenoxy) is 3. The molecule has 2 aromatic rings. The van der Waals surface area contributed by atoms with Gasteiger partial charge in [0.25, 0.3) is 5.56 Å². The van der Waals surface area contributed by atoms with Gasteiger partial charge in [-0.15, -0.1) is 0 Å². The molecule has 0 unspecified atom stereocenters. The van der Waals surface area contributed by atoms with E-state index in [0.717, 1.165) is 0 Å². The number of rotatable bonds is 10. The normalized spacial score (nSPS) is 27.5. The lowest BCUT2D eigenvalue weighted by Gasteiger charge is -2.46. The molecule has 298 valence electrons. The van der Waals surface area contributed by atoms with Gasteiger partial charge >= 0.3 is 11.7 Å². The molecule has 1 aromatic carbocycles. The summed E-state index contributed by atoms with van der Waals surface area (Å²) >= 11 is 0. The SMILES string of the molecule is CC(C)(C)[C@@H]1OC(=O)[C@@](c2ccccc2)([C@@H](N[S@@](=O)C(C)(C)C)[C@H]2O[C@@H](n3ccc(=O)[nH]c3=O)[C@H](O[Si](C)(C)C(C)(C)C)[C@@H]2O[Si](C)(C)C(C)(C)C)O1. The Bertz CT molecular complexity index is 1770. The van der Waals surface area contributed by atoms with Gasteiger partial charge in [0.05, 0.1) is 21.8 Å². The lowest BCUT2D eigenvalue weighted by molar-refractivity contribution is -0.169. The van der Waals surface area contributed by atoms with Crippen LogP contribution in [0, 0.1) is 5.41 Å². The molecular formula is C38H63N3O9SSi2. The van der Waals surface area contributed by atoms with E-state index in [-0.39, 0.29) is 10.1 Å². The lowest BCUT2D eigenvalue weighted by Crippen LogP contribution is -2.64. The molecule has 2 aliphatic heterocycles. The van der Waals surface area contributed by atoms with E-state index in [2.05, 4.69) is 77.4 Å². The highest BCUT2D eigenvalue weighted by Gasteiger charge is 2.66. The molecule has 0 aliphatic carbocycles. The Hall–Kier alpha value is -2.25. The van der Waals surface area contributed by atoms with Crippen LogP contribution in [0.2, 0.25) is 36.3 Å². The number of aromatic amines is 1. The summed E-state index contributed by atoms with van der Waals surface area (Å²) in [5, 5.41) is -0.539. The van der Waals surface area contributed by atoms with Crippen LogP contribution in [0.25, 0.3) is 0 Å². The maximum absolute atomic E-state index is 14.7. The maximum atomic E-state index is 14.7. The van der Waals surface area contributed by atoms with Crippen LogP contribution in [0.3, 0.4) is 0 Å². The largest absolute Gasteiger partial charge is 0.433 e. The number of H-pyrrole nitrogens is 1. The predicted octanol–water partition coefficient (Wildman–Crippen LogP) is 6.48. The molecule has 0 spiro atoms. The molecule has 2 saturated heterocycles. The average molecular weight is 794 g/mol. The Balaban J connectivity index is 2.11. The summed E-state index contributed by atoms with van der Waals surface area (Å²) < 4.78 is 52.8. The highest BCUT2D eigenvalue weighted by atomic mass is 32.2. The zero-order valence-electron chi connectivity index (χ0n) is 34.5. The van der Waals surface area contributed by atoms with Crippen molar-refractivity contribution in [2.75, 3.05) is 0 Å². The number of aromatic nitrogens is 2. The zero-order chi connectivity index (χ0) is 40.3. The van der Waals surface area contributed by atoms with E-state index in [9.17, 15) is 18.6 Å². The topological polar surface area (TPSA) is 147 Å². The summed E-state index contributed by atoms with van der Waals surface area (Å²) in [5.74, 6) is -0.673. The molecule has 2 N–H and O–H groups in total. The van der Waals surface area contributed by atoms with Crippen LogP contribution in [0.5, 0.6) is 0 Å². The van der Waals surface area contributed by atoms with E-state index in [1.807, 2.05) is 47.6 Å². The number of carbonyl (C=O) groups is 1. The number of hydrogen-bond donors (Lipinski definition) is 2. The number of esters is 1. The van der Waals surface area contributed by atoms with Crippen molar-refractivity contribution in [3.05, 3.63) is 69.0 Å². The highest BCUT2D eigenvalue weighted by Crippen LogP contribution is 2.51. The number of hydrogen-bond acceptors (Lipinski definition) is 9. The fourth-order valence-corrected chi connectivity index (χ4v) is 9.25. The summed E-state index contributed by atoms with van der Waals surface area (Å²) in [7, 11) is -7.14. The summed E-state index contributed by atoms with van der Waals surface area (Å²) in [6.45, 7) is 32.4. The van der Waals surface area contributed by atoms with E-state index in [0.29, 0.717) is 5.56 Å². The van der Waals surface area contributed by atoms with Gasteiger partial charge < -0.3 is 23.1 Å². The molecule has 8 atom stereocenters. The van der Waals surface area contributed by atoms with E-state index >= 15 is 0 Å². The Kier molecular flexibility index (Phi) is 12.0. The molecule has 2 aliphatic rings. The van der Waals surface area contributed by atoms with Gasteiger partial charge in [0.1, 0.15) is 18.3 Å². The van der Waals surface area contributed by atoms with E-state index < -0.39 is 97.5 Å². The highest BCUT2D eigenvalue weighted by molar-refractivity contribution is 7.84. The van der Waals surface area contributed by atoms with Crippen molar-refractivity contribution >= 4 is 33.6 Å². The minimum atomic E-state index is -2.70. The fourth-order valence-electron chi connectivity index (χ4n) is 5.78. The quantitative estimate of drug-likeness (QED) is 0.204. The zero-order valence-corrected chi connectivity index (χ0v) is 37.4. The Morgan fingerprint density at radius 3 is 1.81 bits per heavy atom. The van der Waals surface area contributed by atoms with Crippen LogP contribution in [-0.2, 0) is 44.4 Å². The van der Waals surface area contributed by atoms with Crippen LogP contribution < -0.4 is 16.0 Å². The molecule has 4 rings (SSSR count). The standard InChI is InChI=1S/C38H63N3O9SSi2/c1-34(2,3)32-47-31(43)38(48-32,24-20-18-17-19-21-24)29(40-51(45)35(4,5)6)27-26(49-52(13,14)36(7,8)9)28(50-53(15,16)37(10,11)12)30(46-27)41-23-22-25(42)39-33(41)44/h17-23,26-30,32,40H,1-16H3,(H,39,42,44)/t26-,27+,28-,29+,30-,32-,38-,51+/m1/s1. The minimum Gasteiger partial charge on any atom is -0.433 e. The number of carbonyl (C=O) groups excluding carboxylic acids is 1. The molecule has 3 heterocycles. The Morgan fingerprint density at radius 2 is 1.36 bits per heavy atom. The van der Waals surface area contributed by atoms with Crippen molar-refractivity contribution in [1.29, 1.82) is 0 Å². The van der Waals surface area contributed by atoms with Crippen LogP contribution >= 0.6 is 0 Å². The monoisotopic (exact) mass is 793 g/mol. The molecule has 0 amide bonds. The van der Waals surface area contributed by atoms with Gasteiger partial charge in [0, 0.05) is 17.7 Å². The molecule has 2 fully saturated rings. The summed E-state index contributed by atoms with van der Waals surface area (Å²) in [4.78, 5) is 43.0. The third kappa shape index (κ3) is 8.77. The maximum Gasteiger partial charge on any atom is 0.347 e. The Morgan fingerprint density at radius 1 is 0.830 bits per heavy atom. The van der Waals surface area contributed by atoms with Crippen molar-refractivity contribution in [2.45, 2.75) is 167 Å². The number of cyclic esters (lactones) is 1. The van der Waals surface area contributed by atoms with Gasteiger partial charge in [-0.2, -0.15) is 0 Å². The molecule has 12 nitrogen and oxygen atoms in total. The third-order valence-corrected chi connectivity index (χ3v) is 21.6. The molecule has 53 heavy (non-hydrogen) atoms. The third-order valence-electron chi connectivity index (χ3n) is 11.1. The molecular weight excluding hydrogens is 731 g/mol. The lowest BCUT2D eigenvalue weighted by atomic mass is 9.82. The second kappa shape index (κ2) is 14.7. The summed E-state index contributed by atoms with van der Waals surface area (Å²) in [6.07, 6.45) is -3.65. The van der Waals surface area contributed by atoms with Crippen LogP contribution in [0.15, 0.2) is 52.2 Å². The first-order valence-corrected chi connectivity index (χ1v) is 25.4. The molecule has 1 aromatic heterocycles. The minimum absolute atomic E-state index is 0.262. The fraction of sp³-hybridized carbons (Fsp3) is 0.711. The molecule has 15 heteroatoms. The van der Waals surface area contributed by atoms with Crippen LogP contribution in [-0.4, -0.2) is 71.8 Å².